The number of hydrogen-bond acceptors (Lipinski definition) is 0. The van der Waals surface area contributed by atoms with Crippen LogP contribution in [0.25, 0.3) is 16.9 Å². The first kappa shape index (κ1) is 59.2. The van der Waals surface area contributed by atoms with E-state index in [9.17, 15) is 5.53 Å². The minimum absolute atomic E-state index is 0. The second-order valence-corrected chi connectivity index (χ2v) is 18.2. The summed E-state index contributed by atoms with van der Waals surface area (Å²) in [7, 11) is 0. The minimum atomic E-state index is 0. The monoisotopic (exact) mass is 929 g/mol. The van der Waals surface area contributed by atoms with Gasteiger partial charge in [0.1, 0.15) is 0 Å². The Bertz CT molecular complexity index is 1450. The average molecular weight is 930 g/mol. The van der Waals surface area contributed by atoms with Crippen molar-refractivity contribution in [2.24, 2.45) is 0 Å². The quantitative estimate of drug-likeness (QED) is 0.0285. The number of unbranched alkanes of at least 4 members (excludes halogenated alkanes) is 19. The molecule has 1 heterocycles. The minimum Gasteiger partial charge on any atom is -0.493 e. The number of allylic oxidation sites excluding steroid dienone is 2. The van der Waals surface area contributed by atoms with Crippen LogP contribution in [0.3, 0.4) is 0 Å². The number of benzene rings is 2. The molecule has 0 radical (unpaired) electrons. The molecule has 1 aliphatic heterocycles. The van der Waals surface area contributed by atoms with Crippen LogP contribution in [0, 0.1) is 14.9 Å². The topological polar surface area (TPSA) is 25.3 Å². The Morgan fingerprint density at radius 2 is 0.656 bits per heavy atom. The van der Waals surface area contributed by atoms with E-state index >= 15 is 0 Å². The summed E-state index contributed by atoms with van der Waals surface area (Å²) >= 11 is 0. The van der Waals surface area contributed by atoms with Crippen LogP contribution in [0.1, 0.15) is 266 Å². The van der Waals surface area contributed by atoms with Crippen molar-refractivity contribution < 1.29 is 25.1 Å². The zero-order chi connectivity index (χ0) is 41.8. The van der Waals surface area contributed by atoms with Gasteiger partial charge in [0.15, 0.2) is 0 Å². The predicted molar refractivity (Wildman–Crippen MR) is 271 cm³/mol. The molecule has 3 heteroatoms. The molecular formula is C58H98N2Pd. The molecule has 0 aliphatic carbocycles. The van der Waals surface area contributed by atoms with E-state index < -0.39 is 0 Å². The SMILES string of the molecule is CCCCCCc1cc(C2=CC(CCCC)=C(c3cc(CCCCCC)c(CCCCCC)c(CCCCCC)c3)[N+]2=[N-])cc(CCCCCC)c1CCCCCC.[CH3-].[CH3-].[Pd+2]. The van der Waals surface area contributed by atoms with Gasteiger partial charge in [0.05, 0.1) is 0 Å². The fraction of sp³-hybridized carbons (Fsp3) is 0.690. The van der Waals surface area contributed by atoms with Crippen molar-refractivity contribution in [3.63, 3.8) is 0 Å². The van der Waals surface area contributed by atoms with E-state index in [1.807, 2.05) is 0 Å². The van der Waals surface area contributed by atoms with Crippen molar-refractivity contribution in [3.05, 3.63) is 101 Å². The van der Waals surface area contributed by atoms with Crippen LogP contribution in [0.4, 0.5) is 0 Å². The Labute approximate surface area is 395 Å². The molecule has 3 rings (SSSR count). The largest absolute Gasteiger partial charge is 2.00 e. The summed E-state index contributed by atoms with van der Waals surface area (Å²) in [5.74, 6) is 0. The molecule has 0 fully saturated rings. The van der Waals surface area contributed by atoms with Gasteiger partial charge in [0.2, 0.25) is 11.4 Å². The summed E-state index contributed by atoms with van der Waals surface area (Å²) in [5.41, 5.74) is 28.0. The average Bonchev–Trinajstić information content (AvgIpc) is 3.56. The van der Waals surface area contributed by atoms with E-state index in [1.54, 1.807) is 38.1 Å². The van der Waals surface area contributed by atoms with Gasteiger partial charge in [-0.25, -0.2) is 4.70 Å². The van der Waals surface area contributed by atoms with Crippen LogP contribution in [0.5, 0.6) is 0 Å². The van der Waals surface area contributed by atoms with E-state index in [0.29, 0.717) is 0 Å². The van der Waals surface area contributed by atoms with Crippen molar-refractivity contribution in [1.29, 1.82) is 0 Å². The molecule has 0 amide bonds. The van der Waals surface area contributed by atoms with Crippen LogP contribution in [-0.4, -0.2) is 4.70 Å². The van der Waals surface area contributed by atoms with Crippen LogP contribution in [-0.2, 0) is 58.9 Å². The first-order valence-corrected chi connectivity index (χ1v) is 25.7. The van der Waals surface area contributed by atoms with Crippen molar-refractivity contribution in [2.45, 2.75) is 260 Å². The summed E-state index contributed by atoms with van der Waals surface area (Å²) in [6, 6.07) is 10.1. The number of nitrogens with zero attached hydrogens (tertiary/aromatic N) is 2. The van der Waals surface area contributed by atoms with Gasteiger partial charge in [0, 0.05) is 22.8 Å². The number of hydrogen-bond donors (Lipinski definition) is 0. The first-order chi connectivity index (χ1) is 28.5. The van der Waals surface area contributed by atoms with Gasteiger partial charge >= 0.3 is 20.4 Å². The molecule has 0 unspecified atom stereocenters. The molecule has 0 bridgehead atoms. The van der Waals surface area contributed by atoms with E-state index in [2.05, 4.69) is 78.8 Å². The second-order valence-electron chi connectivity index (χ2n) is 18.2. The molecule has 1 aliphatic rings. The summed E-state index contributed by atoms with van der Waals surface area (Å²) in [5, 5.41) is 0. The number of rotatable bonds is 35. The van der Waals surface area contributed by atoms with Crippen LogP contribution in [0.2, 0.25) is 0 Å². The van der Waals surface area contributed by atoms with E-state index in [1.165, 1.54) is 184 Å². The van der Waals surface area contributed by atoms with Crippen LogP contribution in [0.15, 0.2) is 35.9 Å². The molecule has 61 heavy (non-hydrogen) atoms. The zero-order valence-electron chi connectivity index (χ0n) is 41.9. The Kier molecular flexibility index (Phi) is 35.4. The molecule has 0 atom stereocenters. The third-order valence-corrected chi connectivity index (χ3v) is 13.1. The number of aryl methyl sites for hydroxylation is 4. The van der Waals surface area contributed by atoms with Crippen molar-refractivity contribution in [1.82, 2.24) is 0 Å². The fourth-order valence-electron chi connectivity index (χ4n) is 9.46. The Morgan fingerprint density at radius 1 is 0.361 bits per heavy atom. The second kappa shape index (κ2) is 36.5. The standard InChI is InChI=1S/C56H92N2.2CH3.Pd/c1-8-15-22-28-35-46-41-51(42-47(36-29-23-16-9-2)53(46)39-32-26-19-12-5)55-45-50(34-21-14-7)56(58(55)57)52-43-48(37-30-24-17-10-3)54(40-33-27-20-13-6)49(44-52)38-31-25-18-11-4;;;/h41-45H,8-40H2,1-7H3;2*1H3;/q;2*-1;+2. The van der Waals surface area contributed by atoms with Gasteiger partial charge in [0.25, 0.3) is 0 Å². The van der Waals surface area contributed by atoms with Gasteiger partial charge in [-0.3, -0.25) is 0 Å². The van der Waals surface area contributed by atoms with Crippen LogP contribution >= 0.6 is 0 Å². The Morgan fingerprint density at radius 3 is 0.967 bits per heavy atom. The molecule has 2 aromatic rings. The maximum absolute atomic E-state index is 12.6. The van der Waals surface area contributed by atoms with Gasteiger partial charge in [-0.2, -0.15) is 0 Å². The Hall–Kier alpha value is -1.82. The summed E-state index contributed by atoms with van der Waals surface area (Å²) in [6.07, 6.45) is 43.8. The predicted octanol–water partition coefficient (Wildman–Crippen LogP) is 19.3. The van der Waals surface area contributed by atoms with Gasteiger partial charge < -0.3 is 20.4 Å². The molecule has 0 aromatic heterocycles. The van der Waals surface area contributed by atoms with Crippen molar-refractivity contribution in [3.8, 4) is 0 Å². The molecule has 2 aromatic carbocycles. The molecular weight excluding hydrogens is 831 g/mol. The maximum atomic E-state index is 12.6. The normalized spacial score (nSPS) is 12.4. The molecule has 350 valence electrons. The fourth-order valence-corrected chi connectivity index (χ4v) is 9.46. The van der Waals surface area contributed by atoms with E-state index in [-0.39, 0.29) is 35.3 Å². The first-order valence-electron chi connectivity index (χ1n) is 25.7. The maximum Gasteiger partial charge on any atom is 2.00 e. The van der Waals surface area contributed by atoms with Crippen molar-refractivity contribution in [2.75, 3.05) is 0 Å². The summed E-state index contributed by atoms with van der Waals surface area (Å²) < 4.78 is 1.65. The van der Waals surface area contributed by atoms with E-state index in [4.69, 9.17) is 0 Å². The third kappa shape index (κ3) is 20.7. The third-order valence-electron chi connectivity index (χ3n) is 13.1. The molecule has 2 nitrogen and oxygen atoms in total. The van der Waals surface area contributed by atoms with Crippen LogP contribution < -0.4 is 0 Å². The van der Waals surface area contributed by atoms with Gasteiger partial charge in [-0.05, 0) is 148 Å². The van der Waals surface area contributed by atoms with E-state index in [0.717, 1.165) is 56.3 Å². The van der Waals surface area contributed by atoms with Gasteiger partial charge in [-0.15, -0.1) is 0 Å². The smallest absolute Gasteiger partial charge is 0.493 e. The van der Waals surface area contributed by atoms with Gasteiger partial charge in [-0.1, -0.05) is 170 Å². The Balaban J connectivity index is 0.0000120. The zero-order valence-corrected chi connectivity index (χ0v) is 43.5. The molecule has 0 spiro atoms. The molecule has 0 saturated heterocycles. The summed E-state index contributed by atoms with van der Waals surface area (Å²) in [4.78, 5) is 0. The molecule has 0 N–H and O–H groups in total. The molecule has 0 saturated carbocycles. The van der Waals surface area contributed by atoms with Crippen molar-refractivity contribution >= 4 is 11.4 Å². The summed E-state index contributed by atoms with van der Waals surface area (Å²) in [6.45, 7) is 16.3.